The van der Waals surface area contributed by atoms with Crippen LogP contribution in [0.5, 0.6) is 0 Å². The van der Waals surface area contributed by atoms with Gasteiger partial charge in [-0.05, 0) is 29.7 Å². The van der Waals surface area contributed by atoms with Crippen LogP contribution in [0.25, 0.3) is 0 Å². The van der Waals surface area contributed by atoms with E-state index in [-0.39, 0.29) is 5.82 Å². The third-order valence-electron chi connectivity index (χ3n) is 1.91. The average Bonchev–Trinajstić information content (AvgIpc) is 2.59. The topological polar surface area (TPSA) is 74.7 Å². The second-order valence-corrected chi connectivity index (χ2v) is 4.23. The molecule has 0 amide bonds. The number of nitrogens with two attached hydrogens (primary N) is 1. The van der Waals surface area contributed by atoms with Gasteiger partial charge in [-0.2, -0.15) is 9.64 Å². The van der Waals surface area contributed by atoms with Crippen molar-refractivity contribution in [3.63, 3.8) is 0 Å². The molecule has 0 aliphatic carbocycles. The minimum Gasteiger partial charge on any atom is -0.382 e. The number of benzene rings is 1. The van der Waals surface area contributed by atoms with Crippen molar-refractivity contribution in [1.82, 2.24) is 4.37 Å². The zero-order chi connectivity index (χ0) is 11.5. The maximum atomic E-state index is 8.89. The van der Waals surface area contributed by atoms with Crippen LogP contribution >= 0.6 is 23.1 Å². The van der Waals surface area contributed by atoms with Gasteiger partial charge in [0.2, 0.25) is 0 Å². The summed E-state index contributed by atoms with van der Waals surface area (Å²) in [6, 6.07) is 9.22. The number of hydrogen-bond donors (Lipinski definition) is 2. The van der Waals surface area contributed by atoms with Crippen molar-refractivity contribution in [2.75, 3.05) is 11.1 Å². The molecular weight excluding hydrogens is 244 g/mol. The van der Waals surface area contributed by atoms with Crippen LogP contribution < -0.4 is 11.1 Å². The van der Waals surface area contributed by atoms with E-state index in [2.05, 4.69) is 9.69 Å². The number of nitriles is 1. The molecule has 3 N–H and O–H groups in total. The summed E-state index contributed by atoms with van der Waals surface area (Å²) in [6.45, 7) is 0. The zero-order valence-corrected chi connectivity index (χ0v) is 9.64. The largest absolute Gasteiger partial charge is 0.382 e. The van der Waals surface area contributed by atoms with E-state index >= 15 is 0 Å². The lowest BCUT2D eigenvalue weighted by Gasteiger charge is -2.03. The normalized spacial score (nSPS) is 9.75. The third-order valence-corrected chi connectivity index (χ3v) is 2.92. The lowest BCUT2D eigenvalue weighted by atomic mass is 10.3. The Morgan fingerprint density at radius 3 is 3.00 bits per heavy atom. The summed E-state index contributed by atoms with van der Waals surface area (Å²) in [6.07, 6.45) is 0. The smallest absolute Gasteiger partial charge is 0.157 e. The molecule has 80 valence electrons. The second kappa shape index (κ2) is 4.39. The summed E-state index contributed by atoms with van der Waals surface area (Å²) in [5.41, 5.74) is 6.71. The van der Waals surface area contributed by atoms with Crippen LogP contribution in [0.2, 0.25) is 5.02 Å². The van der Waals surface area contributed by atoms with Crippen molar-refractivity contribution in [2.24, 2.45) is 0 Å². The number of rotatable bonds is 2. The summed E-state index contributed by atoms with van der Waals surface area (Å²) >= 11 is 7.00. The van der Waals surface area contributed by atoms with Crippen LogP contribution in [0.4, 0.5) is 16.5 Å². The Morgan fingerprint density at radius 1 is 1.50 bits per heavy atom. The number of anilines is 3. The van der Waals surface area contributed by atoms with E-state index in [1.807, 2.05) is 18.2 Å². The summed E-state index contributed by atoms with van der Waals surface area (Å²) in [5, 5.41) is 13.2. The molecule has 0 fully saturated rings. The first kappa shape index (κ1) is 10.7. The highest BCUT2D eigenvalue weighted by Gasteiger charge is 2.10. The average molecular weight is 251 g/mol. The number of nitrogens with one attached hydrogen (secondary N) is 1. The number of hydrogen-bond acceptors (Lipinski definition) is 5. The van der Waals surface area contributed by atoms with Gasteiger partial charge in [0.15, 0.2) is 5.82 Å². The highest BCUT2D eigenvalue weighted by Crippen LogP contribution is 2.29. The molecule has 0 bridgehead atoms. The SMILES string of the molecule is N#Cc1c(N)nsc1Nc1cccc(Cl)c1. The van der Waals surface area contributed by atoms with Crippen molar-refractivity contribution in [3.8, 4) is 6.07 Å². The summed E-state index contributed by atoms with van der Waals surface area (Å²) in [4.78, 5) is 0. The summed E-state index contributed by atoms with van der Waals surface area (Å²) < 4.78 is 3.91. The van der Waals surface area contributed by atoms with Crippen molar-refractivity contribution < 1.29 is 0 Å². The molecule has 0 radical (unpaired) electrons. The molecule has 0 spiro atoms. The fourth-order valence-corrected chi connectivity index (χ4v) is 2.07. The second-order valence-electron chi connectivity index (χ2n) is 3.02. The van der Waals surface area contributed by atoms with Crippen LogP contribution in [-0.4, -0.2) is 4.37 Å². The van der Waals surface area contributed by atoms with E-state index in [1.54, 1.807) is 12.1 Å². The van der Waals surface area contributed by atoms with E-state index in [1.165, 1.54) is 0 Å². The molecule has 16 heavy (non-hydrogen) atoms. The van der Waals surface area contributed by atoms with Crippen LogP contribution in [0, 0.1) is 11.3 Å². The van der Waals surface area contributed by atoms with Crippen molar-refractivity contribution in [3.05, 3.63) is 34.9 Å². The standard InChI is InChI=1S/C10H7ClN4S/c11-6-2-1-3-7(4-6)14-10-8(5-12)9(13)15-16-10/h1-4,14H,(H2,13,15). The Morgan fingerprint density at radius 2 is 2.31 bits per heavy atom. The van der Waals surface area contributed by atoms with Crippen molar-refractivity contribution >= 4 is 39.6 Å². The first-order valence-corrected chi connectivity index (χ1v) is 5.53. The maximum Gasteiger partial charge on any atom is 0.157 e. The molecule has 0 aliphatic rings. The molecule has 0 saturated carbocycles. The predicted molar refractivity (Wildman–Crippen MR) is 66.0 cm³/mol. The molecular formula is C10H7ClN4S. The highest BCUT2D eigenvalue weighted by atomic mass is 35.5. The molecule has 0 aliphatic heterocycles. The molecule has 6 heteroatoms. The monoisotopic (exact) mass is 250 g/mol. The van der Waals surface area contributed by atoms with Gasteiger partial charge in [-0.25, -0.2) is 0 Å². The molecule has 0 unspecified atom stereocenters. The van der Waals surface area contributed by atoms with Crippen LogP contribution in [0.1, 0.15) is 5.56 Å². The number of aromatic nitrogens is 1. The van der Waals surface area contributed by atoms with Crippen LogP contribution in [0.15, 0.2) is 24.3 Å². The lowest BCUT2D eigenvalue weighted by Crippen LogP contribution is -1.92. The minimum absolute atomic E-state index is 0.247. The van der Waals surface area contributed by atoms with E-state index < -0.39 is 0 Å². The van der Waals surface area contributed by atoms with Gasteiger partial charge in [0, 0.05) is 10.7 Å². The number of halogens is 1. The summed E-state index contributed by atoms with van der Waals surface area (Å²) in [5.74, 6) is 0.247. The molecule has 2 rings (SSSR count). The summed E-state index contributed by atoms with van der Waals surface area (Å²) in [7, 11) is 0. The van der Waals surface area contributed by atoms with Gasteiger partial charge in [0.25, 0.3) is 0 Å². The Kier molecular flexibility index (Phi) is 2.95. The maximum absolute atomic E-state index is 8.89. The first-order valence-electron chi connectivity index (χ1n) is 4.38. The van der Waals surface area contributed by atoms with Gasteiger partial charge >= 0.3 is 0 Å². The zero-order valence-electron chi connectivity index (χ0n) is 8.07. The molecule has 0 atom stereocenters. The first-order chi connectivity index (χ1) is 7.70. The number of nitrogens with zero attached hydrogens (tertiary/aromatic N) is 2. The quantitative estimate of drug-likeness (QED) is 0.859. The Balaban J connectivity index is 2.31. The molecule has 1 heterocycles. The van der Waals surface area contributed by atoms with Crippen molar-refractivity contribution in [1.29, 1.82) is 5.26 Å². The van der Waals surface area contributed by atoms with Gasteiger partial charge < -0.3 is 11.1 Å². The minimum atomic E-state index is 0.247. The van der Waals surface area contributed by atoms with Crippen molar-refractivity contribution in [2.45, 2.75) is 0 Å². The molecule has 1 aromatic carbocycles. The number of nitrogen functional groups attached to an aromatic ring is 1. The fraction of sp³-hybridized carbons (Fsp3) is 0. The molecule has 0 saturated heterocycles. The van der Waals surface area contributed by atoms with Gasteiger partial charge in [-0.3, -0.25) is 0 Å². The van der Waals surface area contributed by atoms with Crippen LogP contribution in [-0.2, 0) is 0 Å². The third kappa shape index (κ3) is 2.08. The molecule has 2 aromatic rings. The van der Waals surface area contributed by atoms with Gasteiger partial charge in [0.1, 0.15) is 16.6 Å². The fourth-order valence-electron chi connectivity index (χ4n) is 1.19. The van der Waals surface area contributed by atoms with Gasteiger partial charge in [0.05, 0.1) is 0 Å². The Hall–Kier alpha value is -1.77. The highest BCUT2D eigenvalue weighted by molar-refractivity contribution is 7.10. The Labute approximate surface area is 101 Å². The predicted octanol–water partition coefficient (Wildman–Crippen LogP) is 2.99. The lowest BCUT2D eigenvalue weighted by molar-refractivity contribution is 1.47. The van der Waals surface area contributed by atoms with E-state index in [0.717, 1.165) is 17.2 Å². The van der Waals surface area contributed by atoms with Gasteiger partial charge in [-0.15, -0.1) is 0 Å². The molecule has 1 aromatic heterocycles. The van der Waals surface area contributed by atoms with Crippen LogP contribution in [0.3, 0.4) is 0 Å². The molecule has 4 nitrogen and oxygen atoms in total. The van der Waals surface area contributed by atoms with E-state index in [0.29, 0.717) is 15.6 Å². The van der Waals surface area contributed by atoms with E-state index in [4.69, 9.17) is 22.6 Å². The van der Waals surface area contributed by atoms with E-state index in [9.17, 15) is 0 Å². The van der Waals surface area contributed by atoms with Gasteiger partial charge in [-0.1, -0.05) is 17.7 Å². The Bertz CT molecular complexity index is 558.